The van der Waals surface area contributed by atoms with Crippen molar-refractivity contribution in [3.8, 4) is 5.75 Å². The van der Waals surface area contributed by atoms with Gasteiger partial charge in [0.2, 0.25) is 5.95 Å². The van der Waals surface area contributed by atoms with Crippen LogP contribution in [-0.2, 0) is 4.79 Å². The monoisotopic (exact) mass is 240 g/mol. The highest BCUT2D eigenvalue weighted by atomic mass is 19.1. The molecule has 1 atom stereocenters. The highest BCUT2D eigenvalue weighted by Crippen LogP contribution is 2.07. The number of amides is 1. The molecule has 17 heavy (non-hydrogen) atoms. The Morgan fingerprint density at radius 3 is 2.94 bits per heavy atom. The average Bonchev–Trinajstić information content (AvgIpc) is 2.28. The van der Waals surface area contributed by atoms with Crippen LogP contribution >= 0.6 is 0 Å². The number of carbonyl (C=O) groups excluding carboxylic acids is 1. The molecule has 1 rings (SSSR count). The Kier molecular flexibility index (Phi) is 5.39. The van der Waals surface area contributed by atoms with Crippen LogP contribution in [0.15, 0.2) is 18.3 Å². The molecule has 0 saturated carbocycles. The number of ether oxygens (including phenoxy) is 1. The van der Waals surface area contributed by atoms with Gasteiger partial charge in [-0.25, -0.2) is 4.98 Å². The molecule has 1 aromatic rings. The first-order chi connectivity index (χ1) is 8.11. The number of halogens is 1. The number of nitrogens with zero attached hydrogens (tertiary/aromatic N) is 1. The summed E-state index contributed by atoms with van der Waals surface area (Å²) >= 11 is 0. The van der Waals surface area contributed by atoms with Crippen LogP contribution in [0.5, 0.6) is 5.75 Å². The third-order valence-electron chi connectivity index (χ3n) is 2.20. The summed E-state index contributed by atoms with van der Waals surface area (Å²) in [6.45, 7) is 3.92. The minimum absolute atomic E-state index is 0.0820. The molecule has 0 aromatic carbocycles. The molecule has 0 aliphatic rings. The van der Waals surface area contributed by atoms with Crippen molar-refractivity contribution in [2.24, 2.45) is 0 Å². The van der Waals surface area contributed by atoms with E-state index in [2.05, 4.69) is 17.2 Å². The summed E-state index contributed by atoms with van der Waals surface area (Å²) in [6.07, 6.45) is 3.20. The summed E-state index contributed by atoms with van der Waals surface area (Å²) in [5.74, 6) is -0.377. The normalized spacial score (nSPS) is 11.9. The number of hydrogen-bond acceptors (Lipinski definition) is 3. The fourth-order valence-corrected chi connectivity index (χ4v) is 1.42. The molecular formula is C12H17FN2O2. The van der Waals surface area contributed by atoms with E-state index in [9.17, 15) is 9.18 Å². The second-order valence-electron chi connectivity index (χ2n) is 3.86. The van der Waals surface area contributed by atoms with Crippen LogP contribution < -0.4 is 10.1 Å². The van der Waals surface area contributed by atoms with Gasteiger partial charge in [-0.3, -0.25) is 4.79 Å². The van der Waals surface area contributed by atoms with Crippen LogP contribution in [0.3, 0.4) is 0 Å². The molecule has 0 saturated heterocycles. The maximum Gasteiger partial charge on any atom is 0.258 e. The molecule has 1 heterocycles. The molecule has 4 nitrogen and oxygen atoms in total. The van der Waals surface area contributed by atoms with Crippen molar-refractivity contribution in [1.29, 1.82) is 0 Å². The molecule has 5 heteroatoms. The van der Waals surface area contributed by atoms with E-state index in [1.54, 1.807) is 0 Å². The lowest BCUT2D eigenvalue weighted by Crippen LogP contribution is -2.35. The highest BCUT2D eigenvalue weighted by molar-refractivity contribution is 5.77. The van der Waals surface area contributed by atoms with Crippen LogP contribution in [0.4, 0.5) is 4.39 Å². The Labute approximate surface area is 100 Å². The van der Waals surface area contributed by atoms with E-state index in [0.29, 0.717) is 5.75 Å². The fourth-order valence-electron chi connectivity index (χ4n) is 1.42. The van der Waals surface area contributed by atoms with Crippen molar-refractivity contribution < 1.29 is 13.9 Å². The van der Waals surface area contributed by atoms with Crippen LogP contribution in [0.2, 0.25) is 0 Å². The van der Waals surface area contributed by atoms with Crippen LogP contribution in [0.25, 0.3) is 0 Å². The van der Waals surface area contributed by atoms with Crippen molar-refractivity contribution in [2.45, 2.75) is 32.7 Å². The Balaban J connectivity index is 2.30. The van der Waals surface area contributed by atoms with Crippen molar-refractivity contribution >= 4 is 5.91 Å². The van der Waals surface area contributed by atoms with Gasteiger partial charge in [-0.2, -0.15) is 4.39 Å². The molecule has 0 spiro atoms. The lowest BCUT2D eigenvalue weighted by Gasteiger charge is -2.12. The van der Waals surface area contributed by atoms with E-state index in [0.717, 1.165) is 12.8 Å². The first kappa shape index (κ1) is 13.4. The van der Waals surface area contributed by atoms with E-state index in [4.69, 9.17) is 4.74 Å². The lowest BCUT2D eigenvalue weighted by molar-refractivity contribution is -0.123. The van der Waals surface area contributed by atoms with E-state index in [1.165, 1.54) is 18.3 Å². The predicted octanol–water partition coefficient (Wildman–Crippen LogP) is 1.90. The summed E-state index contributed by atoms with van der Waals surface area (Å²) in [5.41, 5.74) is 0. The lowest BCUT2D eigenvalue weighted by atomic mass is 10.2. The van der Waals surface area contributed by atoms with Gasteiger partial charge >= 0.3 is 0 Å². The van der Waals surface area contributed by atoms with Gasteiger partial charge in [0, 0.05) is 6.04 Å². The Hall–Kier alpha value is -1.65. The second kappa shape index (κ2) is 6.83. The SMILES string of the molecule is CCCC(C)NC(=O)COc1ccc(F)nc1. The van der Waals surface area contributed by atoms with Crippen LogP contribution in [0, 0.1) is 5.95 Å². The minimum Gasteiger partial charge on any atom is -0.482 e. The first-order valence-electron chi connectivity index (χ1n) is 5.65. The predicted molar refractivity (Wildman–Crippen MR) is 62.2 cm³/mol. The third kappa shape index (κ3) is 5.29. The number of nitrogens with one attached hydrogen (secondary N) is 1. The van der Waals surface area contributed by atoms with E-state index < -0.39 is 5.95 Å². The maximum absolute atomic E-state index is 12.5. The second-order valence-corrected chi connectivity index (χ2v) is 3.86. The van der Waals surface area contributed by atoms with E-state index >= 15 is 0 Å². The number of aromatic nitrogens is 1. The molecule has 0 radical (unpaired) electrons. The number of rotatable bonds is 6. The zero-order valence-electron chi connectivity index (χ0n) is 10.1. The third-order valence-corrected chi connectivity index (χ3v) is 2.20. The summed E-state index contributed by atoms with van der Waals surface area (Å²) < 4.78 is 17.7. The number of pyridine rings is 1. The Bertz CT molecular complexity index is 354. The van der Waals surface area contributed by atoms with Gasteiger partial charge in [-0.05, 0) is 25.5 Å². The molecule has 0 bridgehead atoms. The molecule has 0 fully saturated rings. The van der Waals surface area contributed by atoms with Crippen molar-refractivity contribution in [1.82, 2.24) is 10.3 Å². The Morgan fingerprint density at radius 2 is 2.35 bits per heavy atom. The topological polar surface area (TPSA) is 51.2 Å². The van der Waals surface area contributed by atoms with Crippen molar-refractivity contribution in [3.63, 3.8) is 0 Å². The minimum atomic E-state index is -0.571. The van der Waals surface area contributed by atoms with Gasteiger partial charge in [-0.15, -0.1) is 0 Å². The molecular weight excluding hydrogens is 223 g/mol. The van der Waals surface area contributed by atoms with Gasteiger partial charge in [-0.1, -0.05) is 13.3 Å². The first-order valence-corrected chi connectivity index (χ1v) is 5.65. The fraction of sp³-hybridized carbons (Fsp3) is 0.500. The zero-order chi connectivity index (χ0) is 12.7. The summed E-state index contributed by atoms with van der Waals surface area (Å²) in [5, 5.41) is 2.80. The largest absolute Gasteiger partial charge is 0.482 e. The number of carbonyl (C=O) groups is 1. The van der Waals surface area contributed by atoms with Crippen LogP contribution in [0.1, 0.15) is 26.7 Å². The van der Waals surface area contributed by atoms with Crippen LogP contribution in [-0.4, -0.2) is 23.5 Å². The van der Waals surface area contributed by atoms with E-state index in [-0.39, 0.29) is 18.6 Å². The standard InChI is InChI=1S/C12H17FN2O2/c1-3-4-9(2)15-12(16)8-17-10-5-6-11(13)14-7-10/h5-7,9H,3-4,8H2,1-2H3,(H,15,16). The molecule has 0 aliphatic carbocycles. The van der Waals surface area contributed by atoms with E-state index in [1.807, 2.05) is 6.92 Å². The zero-order valence-corrected chi connectivity index (χ0v) is 10.1. The molecule has 94 valence electrons. The maximum atomic E-state index is 12.5. The summed E-state index contributed by atoms with van der Waals surface area (Å²) in [7, 11) is 0. The van der Waals surface area contributed by atoms with Gasteiger partial charge in [0.15, 0.2) is 6.61 Å². The highest BCUT2D eigenvalue weighted by Gasteiger charge is 2.07. The summed E-state index contributed by atoms with van der Waals surface area (Å²) in [6, 6.07) is 2.76. The van der Waals surface area contributed by atoms with Crippen molar-refractivity contribution in [3.05, 3.63) is 24.3 Å². The molecule has 1 amide bonds. The quantitative estimate of drug-likeness (QED) is 0.773. The molecule has 1 aromatic heterocycles. The molecule has 0 aliphatic heterocycles. The number of hydrogen-bond donors (Lipinski definition) is 1. The molecule has 1 N–H and O–H groups in total. The van der Waals surface area contributed by atoms with Gasteiger partial charge in [0.05, 0.1) is 6.20 Å². The smallest absolute Gasteiger partial charge is 0.258 e. The van der Waals surface area contributed by atoms with Gasteiger partial charge in [0.1, 0.15) is 5.75 Å². The Morgan fingerprint density at radius 1 is 1.59 bits per heavy atom. The average molecular weight is 240 g/mol. The summed E-state index contributed by atoms with van der Waals surface area (Å²) in [4.78, 5) is 14.9. The van der Waals surface area contributed by atoms with Gasteiger partial charge in [0.25, 0.3) is 5.91 Å². The molecule has 1 unspecified atom stereocenters. The van der Waals surface area contributed by atoms with Gasteiger partial charge < -0.3 is 10.1 Å². The van der Waals surface area contributed by atoms with Crippen molar-refractivity contribution in [2.75, 3.05) is 6.61 Å².